The van der Waals surface area contributed by atoms with Crippen molar-refractivity contribution in [2.75, 3.05) is 13.1 Å². The number of carbonyl (C=O) groups excluding carboxylic acids is 11. The number of hydrogen-bond acceptors (Lipinski definition) is 13. The lowest BCUT2D eigenvalue weighted by atomic mass is 9.96. The van der Waals surface area contributed by atoms with Gasteiger partial charge in [0.15, 0.2) is 0 Å². The molecular formula is C45H70N12O12. The molecule has 2 aliphatic heterocycles. The number of hydrogen-bond donors (Lipinski definition) is 12. The smallest absolute Gasteiger partial charge is 0.245 e. The van der Waals surface area contributed by atoms with Gasteiger partial charge in [-0.3, -0.25) is 52.7 Å². The fourth-order valence-corrected chi connectivity index (χ4v) is 7.96. The Morgan fingerprint density at radius 1 is 0.739 bits per heavy atom. The van der Waals surface area contributed by atoms with Crippen molar-refractivity contribution in [1.29, 1.82) is 0 Å². The first-order valence-corrected chi connectivity index (χ1v) is 23.3. The molecule has 0 saturated carbocycles. The third-order valence-electron chi connectivity index (χ3n) is 12.0. The zero-order valence-electron chi connectivity index (χ0n) is 39.7. The maximum atomic E-state index is 14.5. The van der Waals surface area contributed by atoms with Crippen molar-refractivity contribution in [3.05, 3.63) is 29.8 Å². The lowest BCUT2D eigenvalue weighted by molar-refractivity contribution is -0.143. The number of benzene rings is 1. The molecule has 16 N–H and O–H groups in total. The molecule has 0 aliphatic carbocycles. The van der Waals surface area contributed by atoms with E-state index >= 15 is 0 Å². The summed E-state index contributed by atoms with van der Waals surface area (Å²) in [5.41, 5.74) is 23.0. The Morgan fingerprint density at radius 3 is 1.96 bits per heavy atom. The van der Waals surface area contributed by atoms with Crippen LogP contribution in [0.3, 0.4) is 0 Å². The van der Waals surface area contributed by atoms with Crippen LogP contribution in [0.15, 0.2) is 24.3 Å². The highest BCUT2D eigenvalue weighted by atomic mass is 16.3. The second kappa shape index (κ2) is 27.2. The van der Waals surface area contributed by atoms with Gasteiger partial charge in [0.1, 0.15) is 48.0 Å². The summed E-state index contributed by atoms with van der Waals surface area (Å²) in [5, 5.41) is 27.8. The van der Waals surface area contributed by atoms with E-state index in [4.69, 9.17) is 22.9 Å². The molecule has 3 rings (SSSR count). The minimum Gasteiger partial charge on any atom is -0.508 e. The highest BCUT2D eigenvalue weighted by Gasteiger charge is 2.41. The van der Waals surface area contributed by atoms with E-state index in [1.54, 1.807) is 26.0 Å². The molecule has 0 spiro atoms. The number of rotatable bonds is 17. The highest BCUT2D eigenvalue weighted by molar-refractivity contribution is 5.99. The number of phenolic OH excluding ortho intramolecular Hbond substituents is 1. The molecule has 24 nitrogen and oxygen atoms in total. The van der Waals surface area contributed by atoms with E-state index in [-0.39, 0.29) is 69.6 Å². The second-order valence-corrected chi connectivity index (χ2v) is 18.1. The van der Waals surface area contributed by atoms with Gasteiger partial charge in [0.05, 0.1) is 19.0 Å². The predicted octanol–water partition coefficient (Wildman–Crippen LogP) is -3.43. The van der Waals surface area contributed by atoms with Crippen LogP contribution in [0.4, 0.5) is 0 Å². The van der Waals surface area contributed by atoms with Crippen LogP contribution in [0.1, 0.15) is 104 Å². The number of aromatic hydroxyl groups is 1. The zero-order chi connectivity index (χ0) is 51.5. The maximum Gasteiger partial charge on any atom is 0.245 e. The number of phenols is 1. The molecule has 2 aliphatic rings. The largest absolute Gasteiger partial charge is 0.508 e. The van der Waals surface area contributed by atoms with E-state index in [9.17, 15) is 57.8 Å². The Morgan fingerprint density at radius 2 is 1.35 bits per heavy atom. The second-order valence-electron chi connectivity index (χ2n) is 18.1. The van der Waals surface area contributed by atoms with Gasteiger partial charge >= 0.3 is 0 Å². The molecule has 1 aromatic carbocycles. The lowest BCUT2D eigenvalue weighted by Crippen LogP contribution is -2.61. The quantitative estimate of drug-likeness (QED) is 0.0725. The number of carbonyl (C=O) groups is 11. The minimum absolute atomic E-state index is 0.0307. The third kappa shape index (κ3) is 18.3. The van der Waals surface area contributed by atoms with Gasteiger partial charge in [0.25, 0.3) is 0 Å². The first-order chi connectivity index (χ1) is 32.5. The number of primary amides is 3. The van der Waals surface area contributed by atoms with Crippen molar-refractivity contribution in [1.82, 2.24) is 42.1 Å². The van der Waals surface area contributed by atoms with Gasteiger partial charge in [-0.15, -0.1) is 0 Å². The van der Waals surface area contributed by atoms with Crippen LogP contribution >= 0.6 is 0 Å². The summed E-state index contributed by atoms with van der Waals surface area (Å²) in [6.45, 7) is 6.64. The fourth-order valence-electron chi connectivity index (χ4n) is 7.96. The number of amides is 11. The van der Waals surface area contributed by atoms with Crippen LogP contribution in [0.2, 0.25) is 0 Å². The molecule has 0 radical (unpaired) electrons. The first-order valence-electron chi connectivity index (χ1n) is 23.3. The Labute approximate surface area is 400 Å². The van der Waals surface area contributed by atoms with Crippen molar-refractivity contribution in [3.8, 4) is 5.75 Å². The average molecular weight is 971 g/mol. The summed E-state index contributed by atoms with van der Waals surface area (Å²) in [7, 11) is 0. The van der Waals surface area contributed by atoms with Gasteiger partial charge in [-0.2, -0.15) is 0 Å². The van der Waals surface area contributed by atoms with Crippen molar-refractivity contribution >= 4 is 65.0 Å². The Bertz CT molecular complexity index is 2040. The maximum absolute atomic E-state index is 14.5. The summed E-state index contributed by atoms with van der Waals surface area (Å²) >= 11 is 0. The Balaban J connectivity index is 2.05. The van der Waals surface area contributed by atoms with Crippen LogP contribution in [0.5, 0.6) is 5.75 Å². The van der Waals surface area contributed by atoms with Crippen molar-refractivity contribution < 1.29 is 57.8 Å². The lowest BCUT2D eigenvalue weighted by Gasteiger charge is -2.31. The highest BCUT2D eigenvalue weighted by Crippen LogP contribution is 2.22. The minimum atomic E-state index is -1.74. The summed E-state index contributed by atoms with van der Waals surface area (Å²) < 4.78 is 0. The molecular weight excluding hydrogens is 901 g/mol. The van der Waals surface area contributed by atoms with E-state index in [0.29, 0.717) is 18.4 Å². The number of nitrogens with zero attached hydrogens (tertiary/aromatic N) is 1. The third-order valence-corrected chi connectivity index (χ3v) is 12.0. The van der Waals surface area contributed by atoms with E-state index in [1.807, 2.05) is 13.8 Å². The molecule has 24 heteroatoms. The first kappa shape index (κ1) is 56.5. The van der Waals surface area contributed by atoms with Gasteiger partial charge in [0, 0.05) is 19.4 Å². The van der Waals surface area contributed by atoms with Gasteiger partial charge in [-0.1, -0.05) is 59.1 Å². The normalized spacial score (nSPS) is 24.3. The SMILES string of the molecule is CC[C@H](C)[C@@H]1NC(=O)[C@H](Cc2ccc(O)cc2)NC(=O)[C@@H](N)CCCC[C@@H](C(=O)N2CCC[C@H]2C(=O)N[C@@H](CC(C)C)C(=O)NCC(N)=O)NC(=O)[C@H](CC(N)=O)NC(=O)C(CCC(N)=O)NC1=O. The molecule has 2 heterocycles. The molecule has 1 aromatic rings. The number of likely N-dealkylation sites (tertiary alicyclic amines) is 1. The van der Waals surface area contributed by atoms with Crippen molar-refractivity contribution in [2.45, 2.75) is 153 Å². The molecule has 0 bridgehead atoms. The number of nitrogens with one attached hydrogen (secondary N) is 7. The molecule has 11 amide bonds. The van der Waals surface area contributed by atoms with Crippen LogP contribution in [-0.2, 0) is 59.2 Å². The molecule has 2 fully saturated rings. The average Bonchev–Trinajstić information content (AvgIpc) is 3.78. The summed E-state index contributed by atoms with van der Waals surface area (Å²) in [5.74, 6) is -9.90. The van der Waals surface area contributed by atoms with Gasteiger partial charge in [-0.05, 0) is 68.1 Å². The van der Waals surface area contributed by atoms with Crippen LogP contribution in [-0.4, -0.2) is 136 Å². The topological polar surface area (TPSA) is 400 Å². The van der Waals surface area contributed by atoms with Gasteiger partial charge in [-0.25, -0.2) is 0 Å². The van der Waals surface area contributed by atoms with E-state index in [1.165, 1.54) is 17.0 Å². The number of nitrogens with two attached hydrogens (primary N) is 4. The molecule has 69 heavy (non-hydrogen) atoms. The Kier molecular flexibility index (Phi) is 22.3. The molecule has 1 unspecified atom stereocenters. The fraction of sp³-hybridized carbons (Fsp3) is 0.622. The molecule has 2 saturated heterocycles. The summed E-state index contributed by atoms with van der Waals surface area (Å²) in [4.78, 5) is 148. The van der Waals surface area contributed by atoms with E-state index in [2.05, 4.69) is 37.2 Å². The zero-order valence-corrected chi connectivity index (χ0v) is 39.7. The van der Waals surface area contributed by atoms with Crippen LogP contribution in [0.25, 0.3) is 0 Å². The van der Waals surface area contributed by atoms with Gasteiger partial charge < -0.3 is 70.2 Å². The Hall–Kier alpha value is -6.85. The van der Waals surface area contributed by atoms with E-state index < -0.39 is 139 Å². The van der Waals surface area contributed by atoms with Crippen LogP contribution in [0, 0.1) is 11.8 Å². The molecule has 382 valence electrons. The van der Waals surface area contributed by atoms with Crippen molar-refractivity contribution in [2.24, 2.45) is 34.8 Å². The summed E-state index contributed by atoms with van der Waals surface area (Å²) in [6, 6.07) is -4.83. The molecule has 0 aromatic heterocycles. The standard InChI is InChI=1S/C45H70N12O12/c1-5-24(4)37-44(68)51-28(16-17-34(47)59)40(64)54-32(21-35(48)60)41(65)52-29(10-7-6-9-27(46)38(62)53-31(42(66)56-37)20-25-12-14-26(58)15-13-25)45(69)57-18-8-11-33(57)43(67)55-30(19-23(2)3)39(63)50-22-36(49)61/h12-15,23-24,27-33,37,58H,5-11,16-22,46H2,1-4H3,(H2,47,59)(H2,48,60)(H2,49,61)(H,50,63)(H,51,68)(H,52,65)(H,53,62)(H,54,64)(H,55,67)(H,56,66)/t24-,27-,28?,29-,30-,31-,32-,33-,37-/m0/s1. The predicted molar refractivity (Wildman–Crippen MR) is 248 cm³/mol. The van der Waals surface area contributed by atoms with E-state index in [0.717, 1.165) is 0 Å². The monoisotopic (exact) mass is 971 g/mol. The van der Waals surface area contributed by atoms with Crippen LogP contribution < -0.4 is 60.2 Å². The van der Waals surface area contributed by atoms with Gasteiger partial charge in [0.2, 0.25) is 65.0 Å². The molecule has 9 atom stereocenters. The summed E-state index contributed by atoms with van der Waals surface area (Å²) in [6.07, 6.45) is -0.345. The van der Waals surface area contributed by atoms with Crippen molar-refractivity contribution in [3.63, 3.8) is 0 Å².